The third-order valence-electron chi connectivity index (χ3n) is 9.74. The molecule has 2 aliphatic heterocycles. The average molecular weight is 611 g/mol. The first kappa shape index (κ1) is 30.2. The zero-order chi connectivity index (χ0) is 32.3. The molecule has 4 N–H and O–H groups in total. The van der Waals surface area contributed by atoms with E-state index in [-0.39, 0.29) is 30.0 Å². The molecule has 3 aromatic rings. The van der Waals surface area contributed by atoms with Crippen LogP contribution >= 0.6 is 0 Å². The van der Waals surface area contributed by atoms with Crippen molar-refractivity contribution in [2.75, 3.05) is 14.2 Å². The lowest BCUT2D eigenvalue weighted by Gasteiger charge is -2.19. The zero-order valence-corrected chi connectivity index (χ0v) is 26.6. The molecule has 0 spiro atoms. The number of aryl methyl sites for hydroxylation is 2. The number of aliphatic hydroxyl groups excluding tert-OH is 2. The fourth-order valence-electron chi connectivity index (χ4n) is 7.11. The van der Waals surface area contributed by atoms with Crippen molar-refractivity contribution in [3.05, 3.63) is 68.1 Å². The molecule has 3 atom stereocenters. The van der Waals surface area contributed by atoms with Crippen molar-refractivity contribution >= 4 is 57.2 Å². The minimum Gasteiger partial charge on any atom is -0.515 e. The van der Waals surface area contributed by atoms with Crippen LogP contribution in [0.4, 0.5) is 0 Å². The van der Waals surface area contributed by atoms with Gasteiger partial charge in [-0.05, 0) is 74.1 Å². The maximum absolute atomic E-state index is 13.3. The second-order valence-corrected chi connectivity index (χ2v) is 12.0. The van der Waals surface area contributed by atoms with Gasteiger partial charge >= 0.3 is 11.9 Å². The molecule has 0 saturated carbocycles. The van der Waals surface area contributed by atoms with Gasteiger partial charge in [0.25, 0.3) is 0 Å². The van der Waals surface area contributed by atoms with Gasteiger partial charge in [0.2, 0.25) is 0 Å². The molecule has 10 heteroatoms. The van der Waals surface area contributed by atoms with Crippen molar-refractivity contribution in [2.24, 2.45) is 0 Å². The quantitative estimate of drug-likeness (QED) is 0.283. The molecule has 8 bridgehead atoms. The van der Waals surface area contributed by atoms with Gasteiger partial charge in [0.1, 0.15) is 11.7 Å². The SMILES string of the molecule is CCC1=C(C)c2cc3[nH]c(cc4nc(c5c6[nH]c(cc1n2)c(C)c6=C(O)[C@@H]5C(=O)OC)[C@@H](CCC(=O)OC)[C@@H]4C)c(C)c3=CO. The number of allylic oxidation sites excluding steroid dienone is 2. The number of rotatable bonds is 5. The molecular formula is C35H38N4O6. The molecule has 6 rings (SSSR count). The Morgan fingerprint density at radius 2 is 1.69 bits per heavy atom. The number of aromatic amines is 2. The minimum atomic E-state index is -1.07. The number of ether oxygens (including phenoxy) is 2. The van der Waals surface area contributed by atoms with Crippen molar-refractivity contribution in [2.45, 2.75) is 71.6 Å². The number of fused-ring (bicyclic) bond motifs is 8. The molecule has 0 radical (unpaired) electrons. The predicted octanol–water partition coefficient (Wildman–Crippen LogP) is 5.35. The van der Waals surface area contributed by atoms with Crippen LogP contribution in [0, 0.1) is 13.8 Å². The van der Waals surface area contributed by atoms with E-state index in [4.69, 9.17) is 19.4 Å². The number of nitrogens with zero attached hydrogens (tertiary/aromatic N) is 2. The Morgan fingerprint density at radius 3 is 2.36 bits per heavy atom. The lowest BCUT2D eigenvalue weighted by atomic mass is 9.84. The first-order chi connectivity index (χ1) is 21.5. The summed E-state index contributed by atoms with van der Waals surface area (Å²) in [5, 5.41) is 23.1. The molecule has 234 valence electrons. The van der Waals surface area contributed by atoms with Gasteiger partial charge in [-0.1, -0.05) is 13.8 Å². The normalized spacial score (nSPS) is 19.4. The van der Waals surface area contributed by atoms with Crippen LogP contribution in [-0.4, -0.2) is 56.3 Å². The fraction of sp³-hybridized carbons (Fsp3) is 0.371. The summed E-state index contributed by atoms with van der Waals surface area (Å²) >= 11 is 0. The third kappa shape index (κ3) is 4.62. The van der Waals surface area contributed by atoms with Crippen LogP contribution in [0.3, 0.4) is 0 Å². The van der Waals surface area contributed by atoms with Crippen molar-refractivity contribution in [1.29, 1.82) is 0 Å². The largest absolute Gasteiger partial charge is 0.515 e. The summed E-state index contributed by atoms with van der Waals surface area (Å²) in [5.41, 5.74) is 10.1. The van der Waals surface area contributed by atoms with Crippen molar-refractivity contribution in [3.8, 4) is 0 Å². The molecule has 45 heavy (non-hydrogen) atoms. The topological polar surface area (TPSA) is 150 Å². The summed E-state index contributed by atoms with van der Waals surface area (Å²) in [4.78, 5) is 42.7. The number of H-pyrrole nitrogens is 2. The Kier molecular flexibility index (Phi) is 7.54. The van der Waals surface area contributed by atoms with Gasteiger partial charge in [0, 0.05) is 51.0 Å². The first-order valence-electron chi connectivity index (χ1n) is 15.2. The summed E-state index contributed by atoms with van der Waals surface area (Å²) in [6, 6.07) is 5.88. The van der Waals surface area contributed by atoms with Crippen LogP contribution in [0.5, 0.6) is 0 Å². The van der Waals surface area contributed by atoms with Gasteiger partial charge in [-0.2, -0.15) is 0 Å². The van der Waals surface area contributed by atoms with Crippen LogP contribution in [0.2, 0.25) is 0 Å². The van der Waals surface area contributed by atoms with Crippen LogP contribution in [-0.2, 0) is 19.1 Å². The highest BCUT2D eigenvalue weighted by Crippen LogP contribution is 2.46. The highest BCUT2D eigenvalue weighted by Gasteiger charge is 2.41. The molecule has 0 saturated heterocycles. The summed E-state index contributed by atoms with van der Waals surface area (Å²) in [6.07, 6.45) is 2.44. The number of esters is 2. The van der Waals surface area contributed by atoms with E-state index in [0.29, 0.717) is 33.6 Å². The molecular weight excluding hydrogens is 572 g/mol. The summed E-state index contributed by atoms with van der Waals surface area (Å²) < 4.78 is 10.1. The number of hydrogen-bond acceptors (Lipinski definition) is 8. The number of nitrogens with one attached hydrogen (secondary N) is 2. The number of hydrogen-bond donors (Lipinski definition) is 4. The number of aliphatic hydroxyl groups is 2. The number of carbonyl (C=O) groups excluding carboxylic acids is 2. The lowest BCUT2D eigenvalue weighted by molar-refractivity contribution is -0.142. The molecule has 3 aromatic heterocycles. The second kappa shape index (κ2) is 11.3. The van der Waals surface area contributed by atoms with Crippen LogP contribution in [0.25, 0.3) is 45.2 Å². The van der Waals surface area contributed by atoms with Gasteiger partial charge in [0.05, 0.1) is 48.6 Å². The van der Waals surface area contributed by atoms with Crippen LogP contribution in [0.15, 0.2) is 18.2 Å². The van der Waals surface area contributed by atoms with E-state index < -0.39 is 11.9 Å². The van der Waals surface area contributed by atoms with E-state index in [2.05, 4.69) is 16.9 Å². The predicted molar refractivity (Wildman–Crippen MR) is 173 cm³/mol. The third-order valence-corrected chi connectivity index (χ3v) is 9.74. The van der Waals surface area contributed by atoms with E-state index in [1.807, 2.05) is 45.9 Å². The smallest absolute Gasteiger partial charge is 0.321 e. The van der Waals surface area contributed by atoms with E-state index in [9.17, 15) is 19.8 Å². The van der Waals surface area contributed by atoms with Crippen molar-refractivity contribution < 1.29 is 29.3 Å². The van der Waals surface area contributed by atoms with Gasteiger partial charge in [-0.15, -0.1) is 0 Å². The molecule has 0 fully saturated rings. The standard InChI is InChI=1S/C35H38N4O6/c1-8-19-15(2)23-12-27-21(14-40)17(4)22(37-27)11-24-16(3)20(9-10-28(41)44-6)32(38-24)30-31(35(43)45-7)34(42)29-18(5)25(39-33(29)30)13-26(19)36-23/h11-14,16,20,31,37,39-40,42H,8-10H2,1-7H3/t16-,20-,31+/m0/s1. The summed E-state index contributed by atoms with van der Waals surface area (Å²) in [5.74, 6) is -2.51. The summed E-state index contributed by atoms with van der Waals surface area (Å²) in [7, 11) is 2.66. The minimum absolute atomic E-state index is 0.0924. The molecule has 1 aliphatic carbocycles. The number of methoxy groups -OCH3 is 2. The Hall–Kier alpha value is -4.86. The number of aromatic nitrogens is 4. The van der Waals surface area contributed by atoms with Gasteiger partial charge in [0.15, 0.2) is 0 Å². The first-order valence-corrected chi connectivity index (χ1v) is 15.2. The van der Waals surface area contributed by atoms with Gasteiger partial charge < -0.3 is 29.7 Å². The molecule has 0 amide bonds. The monoisotopic (exact) mass is 610 g/mol. The Morgan fingerprint density at radius 1 is 0.978 bits per heavy atom. The van der Waals surface area contributed by atoms with Gasteiger partial charge in [-0.3, -0.25) is 14.6 Å². The second-order valence-electron chi connectivity index (χ2n) is 12.0. The van der Waals surface area contributed by atoms with E-state index in [0.717, 1.165) is 68.6 Å². The Balaban J connectivity index is 1.81. The van der Waals surface area contributed by atoms with E-state index >= 15 is 0 Å². The molecule has 5 heterocycles. The highest BCUT2D eigenvalue weighted by atomic mass is 16.5. The van der Waals surface area contributed by atoms with Crippen LogP contribution < -0.4 is 10.4 Å². The zero-order valence-electron chi connectivity index (χ0n) is 26.6. The van der Waals surface area contributed by atoms with Crippen molar-refractivity contribution in [3.63, 3.8) is 0 Å². The molecule has 0 aromatic carbocycles. The number of carbonyl (C=O) groups is 2. The molecule has 0 unspecified atom stereocenters. The summed E-state index contributed by atoms with van der Waals surface area (Å²) in [6.45, 7) is 10.0. The maximum atomic E-state index is 13.3. The fourth-order valence-corrected chi connectivity index (χ4v) is 7.11. The van der Waals surface area contributed by atoms with E-state index in [1.165, 1.54) is 14.2 Å². The van der Waals surface area contributed by atoms with Gasteiger partial charge in [-0.25, -0.2) is 4.98 Å². The van der Waals surface area contributed by atoms with Crippen LogP contribution in [0.1, 0.15) is 97.3 Å². The maximum Gasteiger partial charge on any atom is 0.321 e. The average Bonchev–Trinajstić information content (AvgIpc) is 3.76. The van der Waals surface area contributed by atoms with E-state index in [1.54, 1.807) is 0 Å². The highest BCUT2D eigenvalue weighted by molar-refractivity contribution is 5.97. The van der Waals surface area contributed by atoms with Crippen molar-refractivity contribution in [1.82, 2.24) is 19.9 Å². The molecule has 10 nitrogen and oxygen atoms in total. The molecule has 3 aliphatic rings. The lowest BCUT2D eigenvalue weighted by Crippen LogP contribution is -2.18. The Bertz CT molecular complexity index is 2100. The Labute approximate surface area is 260 Å².